The number of ether oxygens (including phenoxy) is 1. The summed E-state index contributed by atoms with van der Waals surface area (Å²) in [6, 6.07) is 5.40. The molecule has 0 spiro atoms. The zero-order chi connectivity index (χ0) is 16.9. The molecule has 0 saturated heterocycles. The molecule has 1 N–H and O–H groups in total. The van der Waals surface area contributed by atoms with Gasteiger partial charge in [0.2, 0.25) is 11.8 Å². The Hall–Kier alpha value is -3.29. The SMILES string of the molecule is COc1ccc(NC(=O)Cc2nnc(-c3cnccn3)o2)c(C)c1. The van der Waals surface area contributed by atoms with E-state index in [1.807, 2.05) is 13.0 Å². The lowest BCUT2D eigenvalue weighted by Gasteiger charge is -2.09. The van der Waals surface area contributed by atoms with Crippen LogP contribution in [0.1, 0.15) is 11.5 Å². The van der Waals surface area contributed by atoms with E-state index in [1.54, 1.807) is 25.4 Å². The van der Waals surface area contributed by atoms with E-state index < -0.39 is 0 Å². The minimum absolute atomic E-state index is 0.0290. The van der Waals surface area contributed by atoms with E-state index in [2.05, 4.69) is 25.5 Å². The van der Waals surface area contributed by atoms with E-state index in [-0.39, 0.29) is 24.1 Å². The third-order valence-electron chi connectivity index (χ3n) is 3.27. The number of hydrogen-bond donors (Lipinski definition) is 1. The number of methoxy groups -OCH3 is 1. The van der Waals surface area contributed by atoms with Crippen LogP contribution in [0.5, 0.6) is 5.75 Å². The largest absolute Gasteiger partial charge is 0.497 e. The van der Waals surface area contributed by atoms with Crippen molar-refractivity contribution in [3.8, 4) is 17.3 Å². The van der Waals surface area contributed by atoms with Crippen molar-refractivity contribution in [3.63, 3.8) is 0 Å². The van der Waals surface area contributed by atoms with Crippen LogP contribution in [0.4, 0.5) is 5.69 Å². The standard InChI is InChI=1S/C16H15N5O3/c1-10-7-11(23-2)3-4-12(10)19-14(22)8-15-20-21-16(24-15)13-9-17-5-6-18-13/h3-7,9H,8H2,1-2H3,(H,19,22). The summed E-state index contributed by atoms with van der Waals surface area (Å²) in [6.45, 7) is 1.89. The Morgan fingerprint density at radius 3 is 2.88 bits per heavy atom. The molecule has 0 aliphatic heterocycles. The molecule has 0 unspecified atom stereocenters. The summed E-state index contributed by atoms with van der Waals surface area (Å²) in [6.07, 6.45) is 4.56. The summed E-state index contributed by atoms with van der Waals surface area (Å²) in [7, 11) is 1.59. The van der Waals surface area contributed by atoms with Crippen LogP contribution in [0.25, 0.3) is 11.6 Å². The van der Waals surface area contributed by atoms with Crippen molar-refractivity contribution >= 4 is 11.6 Å². The van der Waals surface area contributed by atoms with Crippen LogP contribution in [-0.2, 0) is 11.2 Å². The number of nitrogens with zero attached hydrogens (tertiary/aromatic N) is 4. The van der Waals surface area contributed by atoms with Crippen molar-refractivity contribution in [2.75, 3.05) is 12.4 Å². The number of anilines is 1. The Morgan fingerprint density at radius 1 is 1.29 bits per heavy atom. The zero-order valence-corrected chi connectivity index (χ0v) is 13.2. The number of hydrogen-bond acceptors (Lipinski definition) is 7. The fraction of sp³-hybridized carbons (Fsp3) is 0.188. The number of amides is 1. The number of rotatable bonds is 5. The number of aryl methyl sites for hydroxylation is 1. The molecule has 24 heavy (non-hydrogen) atoms. The molecule has 3 rings (SSSR count). The Morgan fingerprint density at radius 2 is 2.17 bits per heavy atom. The highest BCUT2D eigenvalue weighted by atomic mass is 16.5. The fourth-order valence-corrected chi connectivity index (χ4v) is 2.07. The van der Waals surface area contributed by atoms with Crippen LogP contribution in [-0.4, -0.2) is 33.2 Å². The van der Waals surface area contributed by atoms with E-state index in [0.29, 0.717) is 11.4 Å². The summed E-state index contributed by atoms with van der Waals surface area (Å²) < 4.78 is 10.6. The van der Waals surface area contributed by atoms with Crippen LogP contribution < -0.4 is 10.1 Å². The predicted octanol–water partition coefficient (Wildman–Crippen LogP) is 2.02. The van der Waals surface area contributed by atoms with Crippen molar-refractivity contribution in [1.82, 2.24) is 20.2 Å². The highest BCUT2D eigenvalue weighted by Gasteiger charge is 2.14. The second-order valence-electron chi connectivity index (χ2n) is 5.00. The summed E-state index contributed by atoms with van der Waals surface area (Å²) in [4.78, 5) is 20.1. The average Bonchev–Trinajstić information content (AvgIpc) is 3.06. The number of carbonyl (C=O) groups is 1. The van der Waals surface area contributed by atoms with Crippen molar-refractivity contribution in [2.45, 2.75) is 13.3 Å². The molecule has 0 fully saturated rings. The van der Waals surface area contributed by atoms with Crippen LogP contribution in [0, 0.1) is 6.92 Å². The molecule has 122 valence electrons. The van der Waals surface area contributed by atoms with Gasteiger partial charge in [-0.3, -0.25) is 9.78 Å². The molecule has 0 bridgehead atoms. The average molecular weight is 325 g/mol. The normalized spacial score (nSPS) is 10.4. The number of nitrogens with one attached hydrogen (secondary N) is 1. The lowest BCUT2D eigenvalue weighted by molar-refractivity contribution is -0.115. The van der Waals surface area contributed by atoms with Crippen molar-refractivity contribution in [2.24, 2.45) is 0 Å². The maximum atomic E-state index is 12.1. The van der Waals surface area contributed by atoms with E-state index in [4.69, 9.17) is 9.15 Å². The van der Waals surface area contributed by atoms with Crippen LogP contribution in [0.3, 0.4) is 0 Å². The topological polar surface area (TPSA) is 103 Å². The first-order valence-corrected chi connectivity index (χ1v) is 7.19. The number of aromatic nitrogens is 4. The van der Waals surface area contributed by atoms with E-state index in [0.717, 1.165) is 11.3 Å². The van der Waals surface area contributed by atoms with Gasteiger partial charge in [0.05, 0.1) is 13.3 Å². The molecule has 1 amide bonds. The van der Waals surface area contributed by atoms with Gasteiger partial charge in [0.25, 0.3) is 5.89 Å². The zero-order valence-electron chi connectivity index (χ0n) is 13.2. The smallest absolute Gasteiger partial charge is 0.267 e. The molecule has 3 aromatic rings. The minimum Gasteiger partial charge on any atom is -0.497 e. The van der Waals surface area contributed by atoms with Crippen molar-refractivity contribution < 1.29 is 13.9 Å². The third kappa shape index (κ3) is 3.54. The van der Waals surface area contributed by atoms with E-state index in [9.17, 15) is 4.79 Å². The highest BCUT2D eigenvalue weighted by molar-refractivity contribution is 5.92. The molecule has 1 aromatic carbocycles. The van der Waals surface area contributed by atoms with Gasteiger partial charge in [-0.1, -0.05) is 0 Å². The lowest BCUT2D eigenvalue weighted by atomic mass is 10.2. The molecule has 2 aromatic heterocycles. The molecule has 0 saturated carbocycles. The molecular formula is C16H15N5O3. The van der Waals surface area contributed by atoms with Crippen LogP contribution >= 0.6 is 0 Å². The summed E-state index contributed by atoms with van der Waals surface area (Å²) in [5.41, 5.74) is 2.06. The Balaban J connectivity index is 1.66. The van der Waals surface area contributed by atoms with Crippen LogP contribution in [0.2, 0.25) is 0 Å². The molecular weight excluding hydrogens is 310 g/mol. The van der Waals surface area contributed by atoms with Gasteiger partial charge < -0.3 is 14.5 Å². The van der Waals surface area contributed by atoms with Gasteiger partial charge in [0, 0.05) is 18.1 Å². The molecule has 0 aliphatic carbocycles. The second kappa shape index (κ2) is 6.86. The van der Waals surface area contributed by atoms with Crippen LogP contribution in [0.15, 0.2) is 41.2 Å². The first-order chi connectivity index (χ1) is 11.7. The molecule has 0 radical (unpaired) electrons. The maximum absolute atomic E-state index is 12.1. The highest BCUT2D eigenvalue weighted by Crippen LogP contribution is 2.21. The third-order valence-corrected chi connectivity index (χ3v) is 3.27. The van der Waals surface area contributed by atoms with Gasteiger partial charge in [-0.2, -0.15) is 0 Å². The van der Waals surface area contributed by atoms with Crippen molar-refractivity contribution in [1.29, 1.82) is 0 Å². The van der Waals surface area contributed by atoms with Gasteiger partial charge in [0.15, 0.2) is 0 Å². The Labute approximate surface area is 137 Å². The first-order valence-electron chi connectivity index (χ1n) is 7.19. The van der Waals surface area contributed by atoms with Gasteiger partial charge in [-0.15, -0.1) is 10.2 Å². The van der Waals surface area contributed by atoms with E-state index >= 15 is 0 Å². The summed E-state index contributed by atoms with van der Waals surface area (Å²) in [5.74, 6) is 0.916. The molecule has 2 heterocycles. The van der Waals surface area contributed by atoms with E-state index in [1.165, 1.54) is 12.4 Å². The number of carbonyl (C=O) groups excluding carboxylic acids is 1. The van der Waals surface area contributed by atoms with Gasteiger partial charge in [0.1, 0.15) is 17.9 Å². The monoisotopic (exact) mass is 325 g/mol. The van der Waals surface area contributed by atoms with Gasteiger partial charge in [-0.25, -0.2) is 4.98 Å². The molecule has 0 aliphatic rings. The fourth-order valence-electron chi connectivity index (χ4n) is 2.07. The van der Waals surface area contributed by atoms with Gasteiger partial charge >= 0.3 is 0 Å². The quantitative estimate of drug-likeness (QED) is 0.765. The van der Waals surface area contributed by atoms with Crippen molar-refractivity contribution in [3.05, 3.63) is 48.2 Å². The molecule has 8 heteroatoms. The first kappa shape index (κ1) is 15.6. The lowest BCUT2D eigenvalue weighted by Crippen LogP contribution is -2.15. The molecule has 8 nitrogen and oxygen atoms in total. The molecule has 0 atom stereocenters. The minimum atomic E-state index is -0.252. The Bertz CT molecular complexity index is 848. The number of benzene rings is 1. The summed E-state index contributed by atoms with van der Waals surface area (Å²) in [5, 5.41) is 10.5. The van der Waals surface area contributed by atoms with Gasteiger partial charge in [-0.05, 0) is 30.7 Å². The maximum Gasteiger partial charge on any atom is 0.267 e. The summed E-state index contributed by atoms with van der Waals surface area (Å²) >= 11 is 0. The second-order valence-corrected chi connectivity index (χ2v) is 5.00. The predicted molar refractivity (Wildman–Crippen MR) is 85.4 cm³/mol. The Kier molecular flexibility index (Phi) is 4.46.